The van der Waals surface area contributed by atoms with E-state index in [0.29, 0.717) is 13.1 Å². The van der Waals surface area contributed by atoms with Gasteiger partial charge in [0.05, 0.1) is 19.6 Å². The summed E-state index contributed by atoms with van der Waals surface area (Å²) in [5, 5.41) is 5.39. The van der Waals surface area contributed by atoms with Crippen molar-refractivity contribution in [3.63, 3.8) is 0 Å². The molecule has 0 fully saturated rings. The molecule has 0 rings (SSSR count). The van der Waals surface area contributed by atoms with E-state index in [-0.39, 0.29) is 12.5 Å². The van der Waals surface area contributed by atoms with Crippen molar-refractivity contribution in [2.24, 2.45) is 0 Å². The molecule has 0 saturated carbocycles. The fraction of sp³-hybridized carbons (Fsp3) is 0.667. The fourth-order valence-corrected chi connectivity index (χ4v) is 0.771. The maximum atomic E-state index is 11.1. The summed E-state index contributed by atoms with van der Waals surface area (Å²) in [5.41, 5.74) is 0. The van der Waals surface area contributed by atoms with Gasteiger partial charge in [0.25, 0.3) is 0 Å². The first kappa shape index (κ1) is 12.9. The van der Waals surface area contributed by atoms with Crippen LogP contribution in [0.1, 0.15) is 0 Å². The lowest BCUT2D eigenvalue weighted by molar-refractivity contribution is -0.126. The molecular formula is C9H16N2O3. The third-order valence-electron chi connectivity index (χ3n) is 1.50. The highest BCUT2D eigenvalue weighted by Gasteiger charge is 2.06. The van der Waals surface area contributed by atoms with Crippen molar-refractivity contribution in [2.75, 3.05) is 33.9 Å². The summed E-state index contributed by atoms with van der Waals surface area (Å²) < 4.78 is 9.77. The Morgan fingerprint density at radius 1 is 1.50 bits per heavy atom. The molecule has 0 aliphatic heterocycles. The second kappa shape index (κ2) is 8.51. The molecule has 0 bridgehead atoms. The van der Waals surface area contributed by atoms with E-state index in [9.17, 15) is 4.79 Å². The molecule has 2 N–H and O–H groups in total. The molecule has 0 aliphatic carbocycles. The molecule has 0 aromatic heterocycles. The molecule has 0 atom stereocenters. The molecule has 5 heteroatoms. The van der Waals surface area contributed by atoms with Gasteiger partial charge in [-0.1, -0.05) is 5.92 Å². The third-order valence-corrected chi connectivity index (χ3v) is 1.50. The smallest absolute Gasteiger partial charge is 0.234 e. The van der Waals surface area contributed by atoms with Crippen molar-refractivity contribution in [3.8, 4) is 12.3 Å². The topological polar surface area (TPSA) is 59.6 Å². The van der Waals surface area contributed by atoms with Crippen molar-refractivity contribution in [2.45, 2.75) is 6.29 Å². The Bertz CT molecular complexity index is 197. The average Bonchev–Trinajstić information content (AvgIpc) is 2.20. The first-order chi connectivity index (χ1) is 6.74. The Balaban J connectivity index is 3.48. The Kier molecular flexibility index (Phi) is 7.84. The number of ether oxygens (including phenoxy) is 2. The molecule has 0 unspecified atom stereocenters. The SMILES string of the molecule is C#CCNCC(=O)NCC(OC)OC. The van der Waals surface area contributed by atoms with E-state index >= 15 is 0 Å². The summed E-state index contributed by atoms with van der Waals surface area (Å²) in [4.78, 5) is 11.1. The van der Waals surface area contributed by atoms with E-state index in [2.05, 4.69) is 16.6 Å². The van der Waals surface area contributed by atoms with Crippen LogP contribution in [0.25, 0.3) is 0 Å². The molecule has 0 radical (unpaired) electrons. The second-order valence-electron chi connectivity index (χ2n) is 2.51. The van der Waals surface area contributed by atoms with Gasteiger partial charge in [-0.3, -0.25) is 10.1 Å². The number of methoxy groups -OCH3 is 2. The molecule has 0 heterocycles. The van der Waals surface area contributed by atoms with Crippen LogP contribution >= 0.6 is 0 Å². The lowest BCUT2D eigenvalue weighted by atomic mass is 10.5. The lowest BCUT2D eigenvalue weighted by Crippen LogP contribution is -2.39. The molecule has 5 nitrogen and oxygen atoms in total. The number of hydrogen-bond donors (Lipinski definition) is 2. The quantitative estimate of drug-likeness (QED) is 0.312. The van der Waals surface area contributed by atoms with Crippen LogP contribution in [0.15, 0.2) is 0 Å². The van der Waals surface area contributed by atoms with E-state index in [1.54, 1.807) is 0 Å². The number of terminal acetylenes is 1. The van der Waals surface area contributed by atoms with Gasteiger partial charge in [0.15, 0.2) is 6.29 Å². The fourth-order valence-electron chi connectivity index (χ4n) is 0.771. The van der Waals surface area contributed by atoms with Crippen LogP contribution in [-0.2, 0) is 14.3 Å². The molecule has 0 aromatic carbocycles. The first-order valence-electron chi connectivity index (χ1n) is 4.21. The number of hydrogen-bond acceptors (Lipinski definition) is 4. The van der Waals surface area contributed by atoms with E-state index in [4.69, 9.17) is 15.9 Å². The van der Waals surface area contributed by atoms with Gasteiger partial charge in [-0.2, -0.15) is 0 Å². The summed E-state index contributed by atoms with van der Waals surface area (Å²) in [6.07, 6.45) is 4.59. The Morgan fingerprint density at radius 2 is 2.14 bits per heavy atom. The van der Waals surface area contributed by atoms with Crippen LogP contribution in [0.2, 0.25) is 0 Å². The van der Waals surface area contributed by atoms with Crippen LogP contribution in [0.5, 0.6) is 0 Å². The summed E-state index contributed by atoms with van der Waals surface area (Å²) in [5.74, 6) is 2.23. The number of nitrogens with one attached hydrogen (secondary N) is 2. The minimum atomic E-state index is -0.411. The molecule has 0 aromatic rings. The maximum Gasteiger partial charge on any atom is 0.234 e. The second-order valence-corrected chi connectivity index (χ2v) is 2.51. The summed E-state index contributed by atoms with van der Waals surface area (Å²) in [6.45, 7) is 0.902. The Morgan fingerprint density at radius 3 is 2.64 bits per heavy atom. The number of carbonyl (C=O) groups excluding carboxylic acids is 1. The van der Waals surface area contributed by atoms with E-state index in [1.165, 1.54) is 14.2 Å². The predicted octanol–water partition coefficient (Wildman–Crippen LogP) is -1.06. The molecule has 14 heavy (non-hydrogen) atoms. The summed E-state index contributed by atoms with van der Waals surface area (Å²) >= 11 is 0. The van der Waals surface area contributed by atoms with E-state index < -0.39 is 6.29 Å². The Labute approximate surface area is 84.1 Å². The van der Waals surface area contributed by atoms with Crippen LogP contribution in [0.4, 0.5) is 0 Å². The molecule has 0 aliphatic rings. The highest BCUT2D eigenvalue weighted by atomic mass is 16.7. The van der Waals surface area contributed by atoms with Gasteiger partial charge in [0.1, 0.15) is 0 Å². The maximum absolute atomic E-state index is 11.1. The van der Waals surface area contributed by atoms with Crippen molar-refractivity contribution in [1.82, 2.24) is 10.6 Å². The summed E-state index contributed by atoms with van der Waals surface area (Å²) in [6, 6.07) is 0. The molecule has 1 amide bonds. The molecular weight excluding hydrogens is 184 g/mol. The highest BCUT2D eigenvalue weighted by molar-refractivity contribution is 5.77. The van der Waals surface area contributed by atoms with Crippen molar-refractivity contribution in [3.05, 3.63) is 0 Å². The first-order valence-corrected chi connectivity index (χ1v) is 4.21. The van der Waals surface area contributed by atoms with Gasteiger partial charge in [0.2, 0.25) is 5.91 Å². The van der Waals surface area contributed by atoms with Gasteiger partial charge < -0.3 is 14.8 Å². The number of amides is 1. The van der Waals surface area contributed by atoms with Gasteiger partial charge >= 0.3 is 0 Å². The van der Waals surface area contributed by atoms with Crippen LogP contribution in [-0.4, -0.2) is 46.1 Å². The van der Waals surface area contributed by atoms with Crippen LogP contribution < -0.4 is 10.6 Å². The Hall–Kier alpha value is -1.09. The van der Waals surface area contributed by atoms with Gasteiger partial charge in [0, 0.05) is 14.2 Å². The van der Waals surface area contributed by atoms with Crippen molar-refractivity contribution < 1.29 is 14.3 Å². The van der Waals surface area contributed by atoms with Gasteiger partial charge in [-0.25, -0.2) is 0 Å². The monoisotopic (exact) mass is 200 g/mol. The highest BCUT2D eigenvalue weighted by Crippen LogP contribution is 1.86. The van der Waals surface area contributed by atoms with Gasteiger partial charge in [-0.05, 0) is 0 Å². The van der Waals surface area contributed by atoms with E-state index in [1.807, 2.05) is 0 Å². The standard InChI is InChI=1S/C9H16N2O3/c1-4-5-10-6-8(12)11-7-9(13-2)14-3/h1,9-10H,5-7H2,2-3H3,(H,11,12). The molecule has 80 valence electrons. The third kappa shape index (κ3) is 6.43. The van der Waals surface area contributed by atoms with Crippen molar-refractivity contribution in [1.29, 1.82) is 0 Å². The molecule has 0 spiro atoms. The number of carbonyl (C=O) groups is 1. The van der Waals surface area contributed by atoms with Gasteiger partial charge in [-0.15, -0.1) is 6.42 Å². The van der Waals surface area contributed by atoms with Crippen LogP contribution in [0.3, 0.4) is 0 Å². The molecule has 0 saturated heterocycles. The zero-order chi connectivity index (χ0) is 10.8. The van der Waals surface area contributed by atoms with E-state index in [0.717, 1.165) is 0 Å². The minimum absolute atomic E-state index is 0.139. The van der Waals surface area contributed by atoms with Crippen LogP contribution in [0, 0.1) is 12.3 Å². The predicted molar refractivity (Wildman–Crippen MR) is 52.5 cm³/mol. The summed E-state index contributed by atoms with van der Waals surface area (Å²) in [7, 11) is 3.02. The largest absolute Gasteiger partial charge is 0.354 e. The number of rotatable bonds is 7. The zero-order valence-corrected chi connectivity index (χ0v) is 8.50. The van der Waals surface area contributed by atoms with Crippen molar-refractivity contribution >= 4 is 5.91 Å². The minimum Gasteiger partial charge on any atom is -0.354 e. The lowest BCUT2D eigenvalue weighted by Gasteiger charge is -2.13. The zero-order valence-electron chi connectivity index (χ0n) is 8.50. The average molecular weight is 200 g/mol. The normalized spacial score (nSPS) is 9.86.